The smallest absolute Gasteiger partial charge is 0.0543 e. The van der Waals surface area contributed by atoms with Gasteiger partial charge in [-0.1, -0.05) is 60.5 Å². The molecule has 112 valence electrons. The lowest BCUT2D eigenvalue weighted by atomic mass is 10.0. The molecule has 2 unspecified atom stereocenters. The highest BCUT2D eigenvalue weighted by atomic mass is 35.5. The molecule has 0 aliphatic heterocycles. The monoisotopic (exact) mass is 339 g/mol. The Morgan fingerprint density at radius 3 is 2.43 bits per heavy atom. The highest BCUT2D eigenvalue weighted by Gasteiger charge is 2.22. The second-order valence-corrected chi connectivity index (χ2v) is 6.94. The van der Waals surface area contributed by atoms with Gasteiger partial charge >= 0.3 is 0 Å². The van der Waals surface area contributed by atoms with Gasteiger partial charge in [-0.05, 0) is 37.2 Å². The first-order valence-corrected chi connectivity index (χ1v) is 8.63. The molecule has 0 aliphatic carbocycles. The number of nitrogens with one attached hydrogen (secondary N) is 1. The SMILES string of the molecule is CCC(Sc1cc(Cl)ccc1Cl)C(NC)c1ccccc1. The molecule has 0 saturated heterocycles. The summed E-state index contributed by atoms with van der Waals surface area (Å²) in [5, 5.41) is 5.28. The van der Waals surface area contributed by atoms with Crippen LogP contribution >= 0.6 is 35.0 Å². The lowest BCUT2D eigenvalue weighted by Gasteiger charge is -2.26. The number of benzene rings is 2. The fourth-order valence-corrected chi connectivity index (χ4v) is 4.13. The van der Waals surface area contributed by atoms with Crippen LogP contribution in [0.2, 0.25) is 10.0 Å². The predicted molar refractivity (Wildman–Crippen MR) is 94.6 cm³/mol. The van der Waals surface area contributed by atoms with E-state index in [4.69, 9.17) is 23.2 Å². The van der Waals surface area contributed by atoms with Crippen molar-refractivity contribution < 1.29 is 0 Å². The molecule has 0 aliphatic rings. The average molecular weight is 340 g/mol. The van der Waals surface area contributed by atoms with Gasteiger partial charge in [0.05, 0.1) is 5.02 Å². The Kier molecular flexibility index (Phi) is 6.43. The molecule has 0 bridgehead atoms. The Hall–Kier alpha value is -0.670. The maximum absolute atomic E-state index is 6.29. The van der Waals surface area contributed by atoms with E-state index < -0.39 is 0 Å². The van der Waals surface area contributed by atoms with Crippen LogP contribution in [-0.2, 0) is 0 Å². The number of hydrogen-bond acceptors (Lipinski definition) is 2. The van der Waals surface area contributed by atoms with Gasteiger partial charge in [0.1, 0.15) is 0 Å². The third-order valence-electron chi connectivity index (χ3n) is 3.42. The van der Waals surface area contributed by atoms with Crippen LogP contribution in [0.25, 0.3) is 0 Å². The number of halogens is 2. The zero-order chi connectivity index (χ0) is 15.2. The summed E-state index contributed by atoms with van der Waals surface area (Å²) in [6, 6.07) is 16.4. The summed E-state index contributed by atoms with van der Waals surface area (Å²) in [6.07, 6.45) is 1.04. The molecule has 2 atom stereocenters. The Bertz CT molecular complexity index is 574. The second kappa shape index (κ2) is 8.09. The van der Waals surface area contributed by atoms with Crippen molar-refractivity contribution in [2.75, 3.05) is 7.05 Å². The van der Waals surface area contributed by atoms with E-state index in [0.717, 1.165) is 21.4 Å². The molecule has 21 heavy (non-hydrogen) atoms. The van der Waals surface area contributed by atoms with Crippen molar-refractivity contribution in [1.29, 1.82) is 0 Å². The Balaban J connectivity index is 2.24. The standard InChI is InChI=1S/C17H19Cl2NS/c1-3-15(17(20-2)12-7-5-4-6-8-12)21-16-11-13(18)9-10-14(16)19/h4-11,15,17,20H,3H2,1-2H3. The Morgan fingerprint density at radius 1 is 1.10 bits per heavy atom. The van der Waals surface area contributed by atoms with Gasteiger partial charge in [0.2, 0.25) is 0 Å². The molecule has 4 heteroatoms. The summed E-state index contributed by atoms with van der Waals surface area (Å²) in [4.78, 5) is 1.03. The zero-order valence-corrected chi connectivity index (χ0v) is 14.5. The third-order valence-corrected chi connectivity index (χ3v) is 5.59. The minimum Gasteiger partial charge on any atom is -0.312 e. The van der Waals surface area contributed by atoms with E-state index in [9.17, 15) is 0 Å². The van der Waals surface area contributed by atoms with Crippen molar-refractivity contribution in [2.45, 2.75) is 29.5 Å². The molecule has 2 aromatic carbocycles. The van der Waals surface area contributed by atoms with E-state index in [1.807, 2.05) is 31.3 Å². The van der Waals surface area contributed by atoms with Gasteiger partial charge in [0.15, 0.2) is 0 Å². The fourth-order valence-electron chi connectivity index (χ4n) is 2.35. The summed E-state index contributed by atoms with van der Waals surface area (Å²) in [5.74, 6) is 0. The lowest BCUT2D eigenvalue weighted by Crippen LogP contribution is -2.26. The van der Waals surface area contributed by atoms with E-state index >= 15 is 0 Å². The topological polar surface area (TPSA) is 12.0 Å². The van der Waals surface area contributed by atoms with Crippen LogP contribution in [-0.4, -0.2) is 12.3 Å². The molecule has 0 heterocycles. The van der Waals surface area contributed by atoms with Gasteiger partial charge in [-0.25, -0.2) is 0 Å². The first-order valence-electron chi connectivity index (χ1n) is 6.99. The van der Waals surface area contributed by atoms with Crippen molar-refractivity contribution in [3.8, 4) is 0 Å². The van der Waals surface area contributed by atoms with Crippen LogP contribution in [0, 0.1) is 0 Å². The van der Waals surface area contributed by atoms with Gasteiger partial charge in [-0.2, -0.15) is 0 Å². The molecule has 0 amide bonds. The van der Waals surface area contributed by atoms with Gasteiger partial charge in [0, 0.05) is 21.2 Å². The number of hydrogen-bond donors (Lipinski definition) is 1. The fraction of sp³-hybridized carbons (Fsp3) is 0.294. The molecule has 0 saturated carbocycles. The average Bonchev–Trinajstić information content (AvgIpc) is 2.51. The van der Waals surface area contributed by atoms with Gasteiger partial charge in [0.25, 0.3) is 0 Å². The molecule has 0 aromatic heterocycles. The normalized spacial score (nSPS) is 13.9. The van der Waals surface area contributed by atoms with Crippen LogP contribution in [0.1, 0.15) is 24.9 Å². The van der Waals surface area contributed by atoms with Crippen LogP contribution < -0.4 is 5.32 Å². The van der Waals surface area contributed by atoms with Crippen molar-refractivity contribution in [3.05, 3.63) is 64.1 Å². The highest BCUT2D eigenvalue weighted by molar-refractivity contribution is 8.00. The van der Waals surface area contributed by atoms with Gasteiger partial charge < -0.3 is 5.32 Å². The summed E-state index contributed by atoms with van der Waals surface area (Å²) < 4.78 is 0. The molecule has 0 radical (unpaired) electrons. The highest BCUT2D eigenvalue weighted by Crippen LogP contribution is 2.38. The van der Waals surface area contributed by atoms with Crippen molar-refractivity contribution >= 4 is 35.0 Å². The Morgan fingerprint density at radius 2 is 1.81 bits per heavy atom. The molecule has 1 nitrogen and oxygen atoms in total. The molecule has 0 spiro atoms. The minimum atomic E-state index is 0.274. The minimum absolute atomic E-state index is 0.274. The van der Waals surface area contributed by atoms with E-state index in [1.54, 1.807) is 11.8 Å². The largest absolute Gasteiger partial charge is 0.312 e. The van der Waals surface area contributed by atoms with Gasteiger partial charge in [-0.3, -0.25) is 0 Å². The molecule has 1 N–H and O–H groups in total. The van der Waals surface area contributed by atoms with E-state index in [-0.39, 0.29) is 6.04 Å². The lowest BCUT2D eigenvalue weighted by molar-refractivity contribution is 0.556. The van der Waals surface area contributed by atoms with Crippen molar-refractivity contribution in [3.63, 3.8) is 0 Å². The van der Waals surface area contributed by atoms with E-state index in [1.165, 1.54) is 5.56 Å². The van der Waals surface area contributed by atoms with Crippen LogP contribution in [0.5, 0.6) is 0 Å². The third kappa shape index (κ3) is 4.40. The maximum atomic E-state index is 6.29. The quantitative estimate of drug-likeness (QED) is 0.665. The Labute approximate surface area is 141 Å². The maximum Gasteiger partial charge on any atom is 0.0543 e. The first-order chi connectivity index (χ1) is 10.2. The molecule has 0 fully saturated rings. The predicted octanol–water partition coefficient (Wildman–Crippen LogP) is 5.82. The second-order valence-electron chi connectivity index (χ2n) is 4.82. The van der Waals surface area contributed by atoms with E-state index in [0.29, 0.717) is 5.25 Å². The molecule has 2 aromatic rings. The summed E-state index contributed by atoms with van der Waals surface area (Å²) in [5.41, 5.74) is 1.29. The van der Waals surface area contributed by atoms with Crippen molar-refractivity contribution in [1.82, 2.24) is 5.32 Å². The van der Waals surface area contributed by atoms with Crippen LogP contribution in [0.15, 0.2) is 53.4 Å². The molecular formula is C17H19Cl2NS. The molecular weight excluding hydrogens is 321 g/mol. The van der Waals surface area contributed by atoms with Crippen LogP contribution in [0.4, 0.5) is 0 Å². The van der Waals surface area contributed by atoms with E-state index in [2.05, 4.69) is 36.5 Å². The molecule has 2 rings (SSSR count). The van der Waals surface area contributed by atoms with Gasteiger partial charge in [-0.15, -0.1) is 11.8 Å². The summed E-state index contributed by atoms with van der Waals surface area (Å²) in [6.45, 7) is 2.20. The number of rotatable bonds is 6. The van der Waals surface area contributed by atoms with Crippen LogP contribution in [0.3, 0.4) is 0 Å². The first kappa shape index (κ1) is 16.7. The van der Waals surface area contributed by atoms with Crippen molar-refractivity contribution in [2.24, 2.45) is 0 Å². The summed E-state index contributed by atoms with van der Waals surface area (Å²) in [7, 11) is 2.00. The number of thioether (sulfide) groups is 1. The zero-order valence-electron chi connectivity index (χ0n) is 12.1. The summed E-state index contributed by atoms with van der Waals surface area (Å²) >= 11 is 14.2.